The van der Waals surface area contributed by atoms with Crippen LogP contribution in [0.15, 0.2) is 0 Å². The highest BCUT2D eigenvalue weighted by Crippen LogP contribution is 2.06. The number of aliphatic hydroxyl groups is 5. The van der Waals surface area contributed by atoms with Crippen LogP contribution in [0.4, 0.5) is 0 Å². The topological polar surface area (TPSA) is 130 Å². The van der Waals surface area contributed by atoms with Gasteiger partial charge in [0.25, 0.3) is 5.91 Å². The van der Waals surface area contributed by atoms with Gasteiger partial charge in [-0.1, -0.05) is 20.3 Å². The van der Waals surface area contributed by atoms with E-state index in [1.54, 1.807) is 0 Å². The van der Waals surface area contributed by atoms with Gasteiger partial charge in [0.1, 0.15) is 18.3 Å². The minimum absolute atomic E-state index is 0.228. The van der Waals surface area contributed by atoms with Crippen molar-refractivity contribution in [3.8, 4) is 0 Å². The number of rotatable bonds is 8. The van der Waals surface area contributed by atoms with Gasteiger partial charge in [0, 0.05) is 6.54 Å². The molecule has 7 nitrogen and oxygen atoms in total. The van der Waals surface area contributed by atoms with Gasteiger partial charge in [0.2, 0.25) is 0 Å². The summed E-state index contributed by atoms with van der Waals surface area (Å²) in [6, 6.07) is 0. The molecule has 7 heteroatoms. The van der Waals surface area contributed by atoms with E-state index < -0.39 is 36.9 Å². The summed E-state index contributed by atoms with van der Waals surface area (Å²) in [5.74, 6) is -0.599. The van der Waals surface area contributed by atoms with Crippen molar-refractivity contribution in [3.63, 3.8) is 0 Å². The minimum atomic E-state index is -1.86. The van der Waals surface area contributed by atoms with E-state index >= 15 is 0 Å². The lowest BCUT2D eigenvalue weighted by atomic mass is 10.0. The largest absolute Gasteiger partial charge is 0.394 e. The molecule has 0 heterocycles. The van der Waals surface area contributed by atoms with Crippen LogP contribution >= 0.6 is 0 Å². The number of nitrogens with one attached hydrogen (secondary N) is 1. The van der Waals surface area contributed by atoms with Gasteiger partial charge in [0.15, 0.2) is 6.10 Å². The lowest BCUT2D eigenvalue weighted by Crippen LogP contribution is -2.52. The van der Waals surface area contributed by atoms with Crippen LogP contribution in [0, 0.1) is 5.92 Å². The van der Waals surface area contributed by atoms with Crippen molar-refractivity contribution >= 4 is 5.91 Å². The molecule has 0 spiro atoms. The minimum Gasteiger partial charge on any atom is -0.394 e. The second-order valence-electron chi connectivity index (χ2n) is 4.43. The smallest absolute Gasteiger partial charge is 0.251 e. The summed E-state index contributed by atoms with van der Waals surface area (Å²) in [5.41, 5.74) is 0. The summed E-state index contributed by atoms with van der Waals surface area (Å²) in [6.45, 7) is 3.42. The van der Waals surface area contributed by atoms with E-state index in [1.165, 1.54) is 0 Å². The maximum absolute atomic E-state index is 11.4. The molecule has 0 aromatic carbocycles. The van der Waals surface area contributed by atoms with Crippen LogP contribution in [0.5, 0.6) is 0 Å². The van der Waals surface area contributed by atoms with Crippen molar-refractivity contribution in [2.75, 3.05) is 13.2 Å². The zero-order valence-corrected chi connectivity index (χ0v) is 10.7. The molecule has 0 saturated carbocycles. The first-order valence-electron chi connectivity index (χ1n) is 5.95. The molecule has 0 aliphatic rings. The second kappa shape index (κ2) is 8.39. The molecular weight excluding hydrogens is 242 g/mol. The van der Waals surface area contributed by atoms with Crippen LogP contribution < -0.4 is 5.32 Å². The molecule has 0 aromatic rings. The van der Waals surface area contributed by atoms with Crippen LogP contribution in [0.25, 0.3) is 0 Å². The summed E-state index contributed by atoms with van der Waals surface area (Å²) >= 11 is 0. The molecular formula is C11H23NO6. The Balaban J connectivity index is 4.27. The SMILES string of the molecule is CCC(C)CNC(=O)C(O)C(O)C(O)C(O)CO. The number of hydrogen-bond acceptors (Lipinski definition) is 6. The molecule has 5 unspecified atom stereocenters. The predicted molar refractivity (Wildman–Crippen MR) is 63.6 cm³/mol. The quantitative estimate of drug-likeness (QED) is 0.290. The van der Waals surface area contributed by atoms with Crippen LogP contribution in [-0.2, 0) is 4.79 Å². The Hall–Kier alpha value is -0.730. The highest BCUT2D eigenvalue weighted by Gasteiger charge is 2.33. The molecule has 0 aliphatic heterocycles. The Kier molecular flexibility index (Phi) is 8.05. The molecule has 0 rings (SSSR count). The lowest BCUT2D eigenvalue weighted by Gasteiger charge is -2.25. The Bertz CT molecular complexity index is 250. The van der Waals surface area contributed by atoms with Crippen LogP contribution in [0.2, 0.25) is 0 Å². The van der Waals surface area contributed by atoms with Crippen molar-refractivity contribution in [3.05, 3.63) is 0 Å². The van der Waals surface area contributed by atoms with Gasteiger partial charge >= 0.3 is 0 Å². The van der Waals surface area contributed by atoms with E-state index in [0.717, 1.165) is 6.42 Å². The molecule has 18 heavy (non-hydrogen) atoms. The fourth-order valence-corrected chi connectivity index (χ4v) is 1.20. The average Bonchev–Trinajstić information content (AvgIpc) is 2.40. The Morgan fingerprint density at radius 1 is 1.17 bits per heavy atom. The van der Waals surface area contributed by atoms with Gasteiger partial charge in [-0.15, -0.1) is 0 Å². The standard InChI is InChI=1S/C11H23NO6/c1-3-6(2)4-12-11(18)10(17)9(16)8(15)7(14)5-13/h6-10,13-17H,3-5H2,1-2H3,(H,12,18). The van der Waals surface area contributed by atoms with Crippen LogP contribution in [0.1, 0.15) is 20.3 Å². The first kappa shape index (κ1) is 17.3. The third kappa shape index (κ3) is 5.28. The number of carbonyl (C=O) groups excluding carboxylic acids is 1. The number of aliphatic hydroxyl groups excluding tert-OH is 5. The second-order valence-corrected chi connectivity index (χ2v) is 4.43. The van der Waals surface area contributed by atoms with E-state index in [9.17, 15) is 20.1 Å². The molecule has 6 N–H and O–H groups in total. The number of hydrogen-bond donors (Lipinski definition) is 6. The summed E-state index contributed by atoms with van der Waals surface area (Å²) < 4.78 is 0. The van der Waals surface area contributed by atoms with Crippen molar-refractivity contribution < 1.29 is 30.3 Å². The van der Waals surface area contributed by atoms with Crippen LogP contribution in [0.3, 0.4) is 0 Å². The third-order valence-corrected chi connectivity index (χ3v) is 2.84. The zero-order valence-electron chi connectivity index (χ0n) is 10.7. The molecule has 108 valence electrons. The maximum Gasteiger partial charge on any atom is 0.251 e. The first-order chi connectivity index (χ1) is 8.34. The van der Waals surface area contributed by atoms with Crippen molar-refractivity contribution in [2.45, 2.75) is 44.7 Å². The van der Waals surface area contributed by atoms with Gasteiger partial charge < -0.3 is 30.8 Å². The Morgan fingerprint density at radius 3 is 2.17 bits per heavy atom. The normalized spacial score (nSPS) is 19.7. The number of carbonyl (C=O) groups is 1. The highest BCUT2D eigenvalue weighted by molar-refractivity contribution is 5.81. The number of amides is 1. The monoisotopic (exact) mass is 265 g/mol. The fourth-order valence-electron chi connectivity index (χ4n) is 1.20. The summed E-state index contributed by atoms with van der Waals surface area (Å²) in [5, 5.41) is 48.3. The Morgan fingerprint density at radius 2 is 1.72 bits per heavy atom. The molecule has 0 aliphatic carbocycles. The molecule has 5 atom stereocenters. The molecule has 0 saturated heterocycles. The van der Waals surface area contributed by atoms with Gasteiger partial charge in [0.05, 0.1) is 6.61 Å². The van der Waals surface area contributed by atoms with E-state index in [4.69, 9.17) is 10.2 Å². The summed E-state index contributed by atoms with van der Waals surface area (Å²) in [6.07, 6.45) is -6.27. The Labute approximate surface area is 106 Å². The predicted octanol–water partition coefficient (Wildman–Crippen LogP) is -2.42. The fraction of sp³-hybridized carbons (Fsp3) is 0.909. The van der Waals surface area contributed by atoms with E-state index in [2.05, 4.69) is 5.32 Å². The van der Waals surface area contributed by atoms with E-state index in [-0.39, 0.29) is 5.92 Å². The van der Waals surface area contributed by atoms with Gasteiger partial charge in [-0.25, -0.2) is 0 Å². The summed E-state index contributed by atoms with van der Waals surface area (Å²) in [7, 11) is 0. The molecule has 0 radical (unpaired) electrons. The van der Waals surface area contributed by atoms with Gasteiger partial charge in [-0.05, 0) is 5.92 Å². The maximum atomic E-state index is 11.4. The van der Waals surface area contributed by atoms with E-state index in [1.807, 2.05) is 13.8 Å². The third-order valence-electron chi connectivity index (χ3n) is 2.84. The molecule has 0 fully saturated rings. The zero-order chi connectivity index (χ0) is 14.3. The highest BCUT2D eigenvalue weighted by atomic mass is 16.4. The molecule has 1 amide bonds. The van der Waals surface area contributed by atoms with E-state index in [0.29, 0.717) is 6.54 Å². The van der Waals surface area contributed by atoms with Crippen molar-refractivity contribution in [1.82, 2.24) is 5.32 Å². The lowest BCUT2D eigenvalue weighted by molar-refractivity contribution is -0.149. The van der Waals surface area contributed by atoms with Crippen LogP contribution in [-0.4, -0.2) is 69.0 Å². The van der Waals surface area contributed by atoms with Crippen molar-refractivity contribution in [1.29, 1.82) is 0 Å². The molecule has 0 aromatic heterocycles. The summed E-state index contributed by atoms with van der Waals surface area (Å²) in [4.78, 5) is 11.4. The first-order valence-corrected chi connectivity index (χ1v) is 5.95. The average molecular weight is 265 g/mol. The van der Waals surface area contributed by atoms with Gasteiger partial charge in [-0.2, -0.15) is 0 Å². The molecule has 0 bridgehead atoms. The van der Waals surface area contributed by atoms with Crippen molar-refractivity contribution in [2.24, 2.45) is 5.92 Å². The van der Waals surface area contributed by atoms with Gasteiger partial charge in [-0.3, -0.25) is 4.79 Å².